The fourth-order valence-corrected chi connectivity index (χ4v) is 3.81. The quantitative estimate of drug-likeness (QED) is 0.101. The summed E-state index contributed by atoms with van der Waals surface area (Å²) in [5.41, 5.74) is 0.432. The molecule has 0 amide bonds. The zero-order valence-corrected chi connectivity index (χ0v) is 23.8. The molecule has 0 saturated heterocycles. The van der Waals surface area contributed by atoms with Crippen LogP contribution in [0, 0.1) is 0 Å². The molecule has 2 aromatic rings. The summed E-state index contributed by atoms with van der Waals surface area (Å²) in [6.45, 7) is 12.1. The van der Waals surface area contributed by atoms with E-state index in [9.17, 15) is 21.6 Å². The molecule has 2 aromatic carbocycles. The highest BCUT2D eigenvalue weighted by Crippen LogP contribution is 2.25. The van der Waals surface area contributed by atoms with Gasteiger partial charge in [0, 0.05) is 18.4 Å². The van der Waals surface area contributed by atoms with Gasteiger partial charge in [-0.3, -0.25) is 5.01 Å². The summed E-state index contributed by atoms with van der Waals surface area (Å²) < 4.78 is 62.7. The van der Waals surface area contributed by atoms with Crippen LogP contribution in [-0.4, -0.2) is 50.3 Å². The van der Waals surface area contributed by atoms with Gasteiger partial charge in [-0.1, -0.05) is 70.4 Å². The first-order valence-electron chi connectivity index (χ1n) is 11.6. The van der Waals surface area contributed by atoms with Crippen molar-refractivity contribution in [3.8, 4) is 0 Å². The molecular weight excluding hydrogens is 516 g/mol. The van der Waals surface area contributed by atoms with E-state index in [1.807, 2.05) is 50.3 Å². The van der Waals surface area contributed by atoms with E-state index in [0.717, 1.165) is 17.4 Å². The van der Waals surface area contributed by atoms with Gasteiger partial charge < -0.3 is 0 Å². The number of alkyl halides is 3. The van der Waals surface area contributed by atoms with Gasteiger partial charge >= 0.3 is 0 Å². The molecule has 0 aliphatic heterocycles. The number of nitrogens with zero attached hydrogens (tertiary/aromatic N) is 2. The van der Waals surface area contributed by atoms with Gasteiger partial charge in [0.2, 0.25) is 0 Å². The molecule has 0 saturated carbocycles. The molecule has 202 valence electrons. The van der Waals surface area contributed by atoms with Crippen LogP contribution >= 0.6 is 9.24 Å². The number of rotatable bonds is 11. The van der Waals surface area contributed by atoms with E-state index in [1.165, 1.54) is 30.1 Å². The lowest BCUT2D eigenvalue weighted by Gasteiger charge is -2.25. The molecule has 9 heteroatoms. The first kappa shape index (κ1) is 32.3. The van der Waals surface area contributed by atoms with Crippen molar-refractivity contribution in [3.63, 3.8) is 0 Å². The van der Waals surface area contributed by atoms with Gasteiger partial charge in [-0.2, -0.15) is 5.10 Å². The van der Waals surface area contributed by atoms with Crippen molar-refractivity contribution in [2.75, 3.05) is 19.3 Å². The second-order valence-electron chi connectivity index (χ2n) is 8.49. The second-order valence-corrected chi connectivity index (χ2v) is 11.4. The molecule has 0 aliphatic rings. The largest absolute Gasteiger partial charge is 0.290 e. The summed E-state index contributed by atoms with van der Waals surface area (Å²) in [6, 6.07) is 15.8. The lowest BCUT2D eigenvalue weighted by atomic mass is 9.98. The third-order valence-electron chi connectivity index (χ3n) is 5.21. The molecule has 0 aromatic heterocycles. The van der Waals surface area contributed by atoms with Gasteiger partial charge in [-0.05, 0) is 56.0 Å². The van der Waals surface area contributed by atoms with E-state index >= 15 is 0 Å². The summed E-state index contributed by atoms with van der Waals surface area (Å²) in [5.74, 6) is 0. The Bertz CT molecular complexity index is 1190. The number of hydrogen-bond donors (Lipinski definition) is 0. The maximum atomic E-state index is 13.9. The topological polar surface area (TPSA) is 49.7 Å². The fraction of sp³-hybridized carbons (Fsp3) is 0.321. The van der Waals surface area contributed by atoms with E-state index < -0.39 is 28.2 Å². The standard InChI is InChI=1S/C24H29F2N2O2PS.C4H7F/c1-5-18(2)19(3)23(21-11-13-22(14-12-21)32(4,29)30)27-28(17-24(25,26)31)16-15-20-9-7-6-8-10-20;1-3-4(2)5/h5-14H,3,15-17,31H2,1-2,4H3;3-4H,1H2,2H3/b18-5+,27-23+;. The van der Waals surface area contributed by atoms with Crippen molar-refractivity contribution < 1.29 is 21.6 Å². The van der Waals surface area contributed by atoms with Crippen molar-refractivity contribution >= 4 is 24.8 Å². The molecule has 0 heterocycles. The van der Waals surface area contributed by atoms with Crippen LogP contribution in [0.3, 0.4) is 0 Å². The van der Waals surface area contributed by atoms with Crippen LogP contribution < -0.4 is 0 Å². The van der Waals surface area contributed by atoms with Crippen LogP contribution in [0.25, 0.3) is 0 Å². The number of benzene rings is 2. The number of hydrazone groups is 1. The monoisotopic (exact) mass is 552 g/mol. The Balaban J connectivity index is 0.00000124. The third-order valence-corrected chi connectivity index (χ3v) is 6.52. The molecule has 2 unspecified atom stereocenters. The molecule has 2 atom stereocenters. The van der Waals surface area contributed by atoms with Crippen LogP contribution in [-0.2, 0) is 16.3 Å². The number of allylic oxidation sites excluding steroid dienone is 4. The minimum absolute atomic E-state index is 0.173. The van der Waals surface area contributed by atoms with Gasteiger partial charge in [0.15, 0.2) is 9.84 Å². The maximum absolute atomic E-state index is 13.9. The zero-order valence-electron chi connectivity index (χ0n) is 21.8. The molecule has 0 spiro atoms. The molecule has 0 radical (unpaired) electrons. The average molecular weight is 553 g/mol. The average Bonchev–Trinajstić information content (AvgIpc) is 2.84. The zero-order chi connectivity index (χ0) is 28.2. The van der Waals surface area contributed by atoms with E-state index in [1.54, 1.807) is 21.4 Å². The third kappa shape index (κ3) is 12.4. The number of hydrogen-bond acceptors (Lipinski definition) is 4. The predicted octanol–water partition coefficient (Wildman–Crippen LogP) is 6.86. The Hall–Kier alpha value is -2.70. The van der Waals surface area contributed by atoms with Gasteiger partial charge in [-0.25, -0.2) is 21.6 Å². The van der Waals surface area contributed by atoms with Crippen LogP contribution in [0.15, 0.2) is 101 Å². The normalized spacial score (nSPS) is 13.3. The second kappa shape index (κ2) is 14.9. The Morgan fingerprint density at radius 2 is 1.70 bits per heavy atom. The highest BCUT2D eigenvalue weighted by atomic mass is 32.2. The van der Waals surface area contributed by atoms with Gasteiger partial charge in [-0.15, -0.1) is 6.58 Å². The summed E-state index contributed by atoms with van der Waals surface area (Å²) in [6.07, 6.45) is 3.93. The molecule has 0 aliphatic carbocycles. The van der Waals surface area contributed by atoms with Crippen LogP contribution in [0.2, 0.25) is 0 Å². The molecule has 0 fully saturated rings. The molecule has 4 nitrogen and oxygen atoms in total. The molecule has 0 N–H and O–H groups in total. The molecule has 2 rings (SSSR count). The summed E-state index contributed by atoms with van der Waals surface area (Å²) in [5, 5.41) is 5.92. The number of halogens is 3. The summed E-state index contributed by atoms with van der Waals surface area (Å²) in [4.78, 5) is 0.173. The molecular formula is C28H36F3N2O2PS. The van der Waals surface area contributed by atoms with E-state index in [0.29, 0.717) is 23.3 Å². The van der Waals surface area contributed by atoms with Crippen molar-refractivity contribution in [1.82, 2.24) is 5.01 Å². The predicted molar refractivity (Wildman–Crippen MR) is 152 cm³/mol. The van der Waals surface area contributed by atoms with Crippen molar-refractivity contribution in [2.45, 2.75) is 43.9 Å². The Labute approximate surface area is 221 Å². The Morgan fingerprint density at radius 3 is 2.14 bits per heavy atom. The van der Waals surface area contributed by atoms with Crippen molar-refractivity contribution in [1.29, 1.82) is 0 Å². The van der Waals surface area contributed by atoms with E-state index in [-0.39, 0.29) is 11.4 Å². The van der Waals surface area contributed by atoms with Gasteiger partial charge in [0.1, 0.15) is 12.7 Å². The fourth-order valence-electron chi connectivity index (χ4n) is 2.97. The highest BCUT2D eigenvalue weighted by Gasteiger charge is 2.26. The minimum atomic E-state index is -3.36. The van der Waals surface area contributed by atoms with Gasteiger partial charge in [0.05, 0.1) is 10.6 Å². The van der Waals surface area contributed by atoms with E-state index in [2.05, 4.69) is 18.3 Å². The molecule has 0 bridgehead atoms. The van der Waals surface area contributed by atoms with Crippen LogP contribution in [0.5, 0.6) is 0 Å². The lowest BCUT2D eigenvalue weighted by molar-refractivity contribution is 0.0554. The SMILES string of the molecule is C=C(/C(=N\N(CCc1ccccc1)CC(F)(F)P)c1ccc(S(C)(=O)=O)cc1)/C(C)=C/C.C=CC(C)F. The van der Waals surface area contributed by atoms with Gasteiger partial charge in [0.25, 0.3) is 5.66 Å². The van der Waals surface area contributed by atoms with Crippen molar-refractivity contribution in [2.24, 2.45) is 5.10 Å². The summed E-state index contributed by atoms with van der Waals surface area (Å²) >= 11 is 0. The first-order chi connectivity index (χ1) is 17.2. The highest BCUT2D eigenvalue weighted by molar-refractivity contribution is 7.90. The minimum Gasteiger partial charge on any atom is -0.290 e. The smallest absolute Gasteiger partial charge is 0.277 e. The number of sulfone groups is 1. The van der Waals surface area contributed by atoms with Crippen LogP contribution in [0.1, 0.15) is 31.9 Å². The maximum Gasteiger partial charge on any atom is 0.277 e. The van der Waals surface area contributed by atoms with E-state index in [4.69, 9.17) is 0 Å². The summed E-state index contributed by atoms with van der Waals surface area (Å²) in [7, 11) is -1.80. The lowest BCUT2D eigenvalue weighted by Crippen LogP contribution is -2.32. The Morgan fingerprint density at radius 1 is 1.16 bits per heavy atom. The van der Waals surface area contributed by atoms with Crippen molar-refractivity contribution in [3.05, 3.63) is 102 Å². The molecule has 37 heavy (non-hydrogen) atoms. The first-order valence-corrected chi connectivity index (χ1v) is 14.1. The van der Waals surface area contributed by atoms with Crippen LogP contribution in [0.4, 0.5) is 13.2 Å². The Kier molecular flexibility index (Phi) is 13.0.